The van der Waals surface area contributed by atoms with Crippen LogP contribution >= 0.6 is 0 Å². The van der Waals surface area contributed by atoms with Crippen LogP contribution in [0.25, 0.3) is 0 Å². The summed E-state index contributed by atoms with van der Waals surface area (Å²) in [5, 5.41) is 9.31. The molecule has 1 aliphatic heterocycles. The van der Waals surface area contributed by atoms with Crippen LogP contribution in [0.15, 0.2) is 30.3 Å². The summed E-state index contributed by atoms with van der Waals surface area (Å²) in [5.41, 5.74) is 1.06. The lowest BCUT2D eigenvalue weighted by molar-refractivity contribution is -0.131. The molecule has 1 aliphatic carbocycles. The van der Waals surface area contributed by atoms with Crippen LogP contribution in [-0.4, -0.2) is 29.9 Å². The third-order valence-electron chi connectivity index (χ3n) is 4.55. The molecule has 2 fully saturated rings. The van der Waals surface area contributed by atoms with Crippen LogP contribution in [0.3, 0.4) is 0 Å². The predicted molar refractivity (Wildman–Crippen MR) is 84.0 cm³/mol. The van der Waals surface area contributed by atoms with Crippen molar-refractivity contribution in [2.45, 2.75) is 56.8 Å². The maximum absolute atomic E-state index is 12.1. The van der Waals surface area contributed by atoms with E-state index in [-0.39, 0.29) is 24.3 Å². The summed E-state index contributed by atoms with van der Waals surface area (Å²) in [5.74, 6) is -0.135. The Hall–Kier alpha value is -1.88. The normalized spacial score (nSPS) is 27.6. The predicted octanol–water partition coefficient (Wildman–Crippen LogP) is 1.09. The van der Waals surface area contributed by atoms with Crippen molar-refractivity contribution < 1.29 is 9.59 Å². The fourth-order valence-corrected chi connectivity index (χ4v) is 3.33. The molecular weight excluding hydrogens is 278 g/mol. The molecule has 0 spiro atoms. The van der Waals surface area contributed by atoms with Crippen molar-refractivity contribution in [3.05, 3.63) is 35.9 Å². The summed E-state index contributed by atoms with van der Waals surface area (Å²) in [4.78, 5) is 24.2. The fraction of sp³-hybridized carbons (Fsp3) is 0.529. The van der Waals surface area contributed by atoms with Gasteiger partial charge in [0.1, 0.15) is 0 Å². The van der Waals surface area contributed by atoms with Crippen molar-refractivity contribution in [1.29, 1.82) is 0 Å². The molecule has 5 nitrogen and oxygen atoms in total. The number of benzene rings is 1. The van der Waals surface area contributed by atoms with Crippen molar-refractivity contribution in [3.63, 3.8) is 0 Å². The number of piperazine rings is 1. The van der Waals surface area contributed by atoms with E-state index in [2.05, 4.69) is 16.0 Å². The Bertz CT molecular complexity index is 532. The Balaban J connectivity index is 1.49. The molecule has 22 heavy (non-hydrogen) atoms. The van der Waals surface area contributed by atoms with Crippen LogP contribution < -0.4 is 16.0 Å². The monoisotopic (exact) mass is 301 g/mol. The SMILES string of the molecule is O=C(CC1NC2CCCCC2NC1=O)NCc1ccccc1. The summed E-state index contributed by atoms with van der Waals surface area (Å²) >= 11 is 0. The van der Waals surface area contributed by atoms with Gasteiger partial charge in [0.05, 0.1) is 12.5 Å². The average Bonchev–Trinajstić information content (AvgIpc) is 2.55. The molecule has 118 valence electrons. The Kier molecular flexibility index (Phi) is 4.73. The standard InChI is InChI=1S/C17H23N3O2/c21-16(18-11-12-6-2-1-3-7-12)10-15-17(22)20-14-9-5-4-8-13(14)19-15/h1-3,6-7,13-15,19H,4-5,8-11H2,(H,18,21)(H,20,22). The van der Waals surface area contributed by atoms with Crippen LogP contribution in [0.2, 0.25) is 0 Å². The molecule has 2 amide bonds. The van der Waals surface area contributed by atoms with E-state index in [1.807, 2.05) is 30.3 Å². The second-order valence-electron chi connectivity index (χ2n) is 6.19. The van der Waals surface area contributed by atoms with Gasteiger partial charge in [-0.3, -0.25) is 9.59 Å². The Morgan fingerprint density at radius 1 is 1.14 bits per heavy atom. The number of carbonyl (C=O) groups is 2. The second kappa shape index (κ2) is 6.92. The number of fused-ring (bicyclic) bond motifs is 1. The molecule has 3 atom stereocenters. The number of nitrogens with one attached hydrogen (secondary N) is 3. The van der Waals surface area contributed by atoms with Crippen LogP contribution in [-0.2, 0) is 16.1 Å². The largest absolute Gasteiger partial charge is 0.352 e. The summed E-state index contributed by atoms with van der Waals surface area (Å²) in [6.07, 6.45) is 4.67. The van der Waals surface area contributed by atoms with Gasteiger partial charge in [-0.05, 0) is 18.4 Å². The number of amides is 2. The van der Waals surface area contributed by atoms with E-state index >= 15 is 0 Å². The number of hydrogen-bond donors (Lipinski definition) is 3. The van der Waals surface area contributed by atoms with Gasteiger partial charge in [-0.25, -0.2) is 0 Å². The minimum absolute atomic E-state index is 0.0435. The minimum atomic E-state index is -0.407. The Morgan fingerprint density at radius 3 is 2.64 bits per heavy atom. The molecule has 3 unspecified atom stereocenters. The molecule has 1 saturated carbocycles. The molecule has 1 saturated heterocycles. The molecule has 1 aromatic carbocycles. The van der Waals surface area contributed by atoms with E-state index in [9.17, 15) is 9.59 Å². The van der Waals surface area contributed by atoms with Crippen LogP contribution in [0.4, 0.5) is 0 Å². The highest BCUT2D eigenvalue weighted by molar-refractivity contribution is 5.89. The lowest BCUT2D eigenvalue weighted by Crippen LogP contribution is -2.65. The molecule has 2 aliphatic rings. The molecule has 0 bridgehead atoms. The second-order valence-corrected chi connectivity index (χ2v) is 6.19. The van der Waals surface area contributed by atoms with E-state index in [4.69, 9.17) is 0 Å². The van der Waals surface area contributed by atoms with Crippen LogP contribution in [0.5, 0.6) is 0 Å². The molecule has 1 heterocycles. The smallest absolute Gasteiger partial charge is 0.237 e. The van der Waals surface area contributed by atoms with Crippen LogP contribution in [0.1, 0.15) is 37.7 Å². The van der Waals surface area contributed by atoms with Gasteiger partial charge >= 0.3 is 0 Å². The first-order valence-electron chi connectivity index (χ1n) is 8.09. The van der Waals surface area contributed by atoms with E-state index in [1.54, 1.807) is 0 Å². The molecule has 5 heteroatoms. The maximum atomic E-state index is 12.1. The highest BCUT2D eigenvalue weighted by Crippen LogP contribution is 2.22. The first kappa shape index (κ1) is 15.0. The molecule has 3 N–H and O–H groups in total. The molecule has 0 aromatic heterocycles. The number of rotatable bonds is 4. The first-order valence-corrected chi connectivity index (χ1v) is 8.09. The maximum Gasteiger partial charge on any atom is 0.237 e. The lowest BCUT2D eigenvalue weighted by atomic mass is 9.87. The molecule has 1 aromatic rings. The average molecular weight is 301 g/mol. The van der Waals surface area contributed by atoms with E-state index < -0.39 is 6.04 Å². The van der Waals surface area contributed by atoms with Crippen molar-refractivity contribution >= 4 is 11.8 Å². The molecule has 0 radical (unpaired) electrons. The first-order chi connectivity index (χ1) is 10.7. The third-order valence-corrected chi connectivity index (χ3v) is 4.55. The quantitative estimate of drug-likeness (QED) is 0.780. The van der Waals surface area contributed by atoms with E-state index in [0.717, 1.165) is 18.4 Å². The summed E-state index contributed by atoms with van der Waals surface area (Å²) in [6.45, 7) is 0.500. The van der Waals surface area contributed by atoms with Gasteiger partial charge in [0.25, 0.3) is 0 Å². The minimum Gasteiger partial charge on any atom is -0.352 e. The van der Waals surface area contributed by atoms with Crippen molar-refractivity contribution in [1.82, 2.24) is 16.0 Å². The molecular formula is C17H23N3O2. The Morgan fingerprint density at radius 2 is 1.86 bits per heavy atom. The van der Waals surface area contributed by atoms with E-state index in [1.165, 1.54) is 12.8 Å². The summed E-state index contributed by atoms with van der Waals surface area (Å²) in [6, 6.07) is 9.93. The highest BCUT2D eigenvalue weighted by Gasteiger charge is 2.36. The van der Waals surface area contributed by atoms with Gasteiger partial charge in [0.15, 0.2) is 0 Å². The van der Waals surface area contributed by atoms with Crippen molar-refractivity contribution in [3.8, 4) is 0 Å². The van der Waals surface area contributed by atoms with Crippen molar-refractivity contribution in [2.24, 2.45) is 0 Å². The van der Waals surface area contributed by atoms with Gasteiger partial charge < -0.3 is 16.0 Å². The van der Waals surface area contributed by atoms with Crippen molar-refractivity contribution in [2.75, 3.05) is 0 Å². The molecule has 3 rings (SSSR count). The number of carbonyl (C=O) groups excluding carboxylic acids is 2. The summed E-state index contributed by atoms with van der Waals surface area (Å²) in [7, 11) is 0. The third kappa shape index (κ3) is 3.65. The fourth-order valence-electron chi connectivity index (χ4n) is 3.33. The highest BCUT2D eigenvalue weighted by atomic mass is 16.2. The topological polar surface area (TPSA) is 70.2 Å². The Labute approximate surface area is 130 Å². The number of hydrogen-bond acceptors (Lipinski definition) is 3. The van der Waals surface area contributed by atoms with Gasteiger partial charge in [0.2, 0.25) is 11.8 Å². The zero-order chi connectivity index (χ0) is 15.4. The zero-order valence-electron chi connectivity index (χ0n) is 12.7. The van der Waals surface area contributed by atoms with Gasteiger partial charge in [-0.15, -0.1) is 0 Å². The van der Waals surface area contributed by atoms with Crippen LogP contribution in [0, 0.1) is 0 Å². The van der Waals surface area contributed by atoms with Gasteiger partial charge in [-0.2, -0.15) is 0 Å². The van der Waals surface area contributed by atoms with E-state index in [0.29, 0.717) is 12.6 Å². The lowest BCUT2D eigenvalue weighted by Gasteiger charge is -2.40. The summed E-state index contributed by atoms with van der Waals surface area (Å²) < 4.78 is 0. The van der Waals surface area contributed by atoms with Gasteiger partial charge in [-0.1, -0.05) is 43.2 Å². The zero-order valence-corrected chi connectivity index (χ0v) is 12.7. The van der Waals surface area contributed by atoms with Gasteiger partial charge in [0, 0.05) is 18.6 Å².